The lowest BCUT2D eigenvalue weighted by atomic mass is 10.2. The Balaban J connectivity index is 0.000000288. The van der Waals surface area contributed by atoms with E-state index in [0.717, 1.165) is 6.61 Å². The normalized spacial score (nSPS) is 9.60. The van der Waals surface area contributed by atoms with Gasteiger partial charge in [0.15, 0.2) is 17.2 Å². The predicted molar refractivity (Wildman–Crippen MR) is 58.2 cm³/mol. The molecule has 0 spiro atoms. The van der Waals surface area contributed by atoms with Gasteiger partial charge in [-0.3, -0.25) is 0 Å². The lowest BCUT2D eigenvalue weighted by Gasteiger charge is -1.97. The third-order valence-electron chi connectivity index (χ3n) is 1.49. The van der Waals surface area contributed by atoms with Crippen LogP contribution in [-0.4, -0.2) is 29.0 Å². The molecule has 1 rings (SSSR count). The molecule has 0 atom stereocenters. The monoisotopic (exact) mass is 214 g/mol. The Bertz CT molecular complexity index is 264. The molecule has 0 aliphatic carbocycles. The highest BCUT2D eigenvalue weighted by atomic mass is 16.5. The van der Waals surface area contributed by atoms with Crippen LogP contribution in [0.25, 0.3) is 0 Å². The topological polar surface area (TPSA) is 69.9 Å². The molecule has 4 nitrogen and oxygen atoms in total. The number of ether oxygens (including phenoxy) is 1. The van der Waals surface area contributed by atoms with E-state index in [1.807, 2.05) is 0 Å². The van der Waals surface area contributed by atoms with E-state index in [0.29, 0.717) is 5.92 Å². The number of hydrogen-bond donors (Lipinski definition) is 3. The van der Waals surface area contributed by atoms with Crippen molar-refractivity contribution in [2.45, 2.75) is 13.8 Å². The summed E-state index contributed by atoms with van der Waals surface area (Å²) in [4.78, 5) is 0. The van der Waals surface area contributed by atoms with Crippen molar-refractivity contribution in [2.75, 3.05) is 13.7 Å². The van der Waals surface area contributed by atoms with Crippen LogP contribution in [0.2, 0.25) is 0 Å². The van der Waals surface area contributed by atoms with Crippen LogP contribution in [0.3, 0.4) is 0 Å². The Morgan fingerprint density at radius 3 is 1.80 bits per heavy atom. The second kappa shape index (κ2) is 6.95. The van der Waals surface area contributed by atoms with Crippen molar-refractivity contribution in [3.63, 3.8) is 0 Å². The van der Waals surface area contributed by atoms with Crippen LogP contribution in [0.1, 0.15) is 13.8 Å². The average Bonchev–Trinajstić information content (AvgIpc) is 2.15. The summed E-state index contributed by atoms with van der Waals surface area (Å²) < 4.78 is 4.80. The summed E-state index contributed by atoms with van der Waals surface area (Å²) in [5.74, 6) is -0.419. The summed E-state index contributed by atoms with van der Waals surface area (Å²) in [7, 11) is 1.72. The first kappa shape index (κ1) is 13.6. The van der Waals surface area contributed by atoms with Crippen LogP contribution in [0, 0.1) is 5.92 Å². The average molecular weight is 214 g/mol. The molecular weight excluding hydrogens is 196 g/mol. The highest BCUT2D eigenvalue weighted by Crippen LogP contribution is 2.32. The minimum atomic E-state index is -0.475. The summed E-state index contributed by atoms with van der Waals surface area (Å²) in [6, 6.07) is 4.01. The van der Waals surface area contributed by atoms with Crippen molar-refractivity contribution >= 4 is 0 Å². The SMILES string of the molecule is COCC(C)C.Oc1cccc(O)c1O. The third kappa shape index (κ3) is 5.80. The van der Waals surface area contributed by atoms with Crippen molar-refractivity contribution < 1.29 is 20.1 Å². The van der Waals surface area contributed by atoms with Crippen LogP contribution in [0.4, 0.5) is 0 Å². The minimum absolute atomic E-state index is 0.310. The maximum atomic E-state index is 8.71. The number of methoxy groups -OCH3 is 1. The van der Waals surface area contributed by atoms with Crippen LogP contribution >= 0.6 is 0 Å². The van der Waals surface area contributed by atoms with Crippen molar-refractivity contribution in [3.8, 4) is 17.2 Å². The van der Waals surface area contributed by atoms with Gasteiger partial charge >= 0.3 is 0 Å². The van der Waals surface area contributed by atoms with Gasteiger partial charge in [-0.25, -0.2) is 0 Å². The Labute approximate surface area is 89.8 Å². The zero-order valence-corrected chi connectivity index (χ0v) is 9.27. The molecule has 86 valence electrons. The number of phenols is 3. The summed E-state index contributed by atoms with van der Waals surface area (Å²) >= 11 is 0. The molecule has 0 radical (unpaired) electrons. The van der Waals surface area contributed by atoms with Crippen LogP contribution in [0.15, 0.2) is 18.2 Å². The standard InChI is InChI=1S/C6H6O3.C5H12O/c7-4-2-1-3-5(8)6(4)9;1-5(2)4-6-3/h1-3,7-9H;5H,4H2,1-3H3. The lowest BCUT2D eigenvalue weighted by Crippen LogP contribution is -1.96. The van der Waals surface area contributed by atoms with Gasteiger partial charge in [0.1, 0.15) is 0 Å². The van der Waals surface area contributed by atoms with Crippen molar-refractivity contribution in [1.82, 2.24) is 0 Å². The fourth-order valence-electron chi connectivity index (χ4n) is 0.853. The number of hydrogen-bond acceptors (Lipinski definition) is 4. The van der Waals surface area contributed by atoms with E-state index in [1.54, 1.807) is 7.11 Å². The Morgan fingerprint density at radius 1 is 1.13 bits per heavy atom. The molecule has 3 N–H and O–H groups in total. The number of para-hydroxylation sites is 1. The highest BCUT2D eigenvalue weighted by molar-refractivity contribution is 5.47. The maximum Gasteiger partial charge on any atom is 0.200 e. The van der Waals surface area contributed by atoms with Gasteiger partial charge in [-0.15, -0.1) is 0 Å². The summed E-state index contributed by atoms with van der Waals surface area (Å²) in [5.41, 5.74) is 0. The number of benzene rings is 1. The Morgan fingerprint density at radius 2 is 1.60 bits per heavy atom. The molecule has 4 heteroatoms. The lowest BCUT2D eigenvalue weighted by molar-refractivity contribution is 0.167. The molecule has 0 unspecified atom stereocenters. The molecule has 0 fully saturated rings. The van der Waals surface area contributed by atoms with Crippen LogP contribution in [0.5, 0.6) is 17.2 Å². The van der Waals surface area contributed by atoms with E-state index in [-0.39, 0.29) is 11.5 Å². The van der Waals surface area contributed by atoms with Gasteiger partial charge in [0.25, 0.3) is 0 Å². The van der Waals surface area contributed by atoms with E-state index >= 15 is 0 Å². The third-order valence-corrected chi connectivity index (χ3v) is 1.49. The Hall–Kier alpha value is -1.42. The van der Waals surface area contributed by atoms with Gasteiger partial charge in [-0.1, -0.05) is 19.9 Å². The highest BCUT2D eigenvalue weighted by Gasteiger charge is 2.00. The van der Waals surface area contributed by atoms with Crippen molar-refractivity contribution in [2.24, 2.45) is 5.92 Å². The smallest absolute Gasteiger partial charge is 0.200 e. The molecule has 1 aromatic rings. The molecule has 0 saturated heterocycles. The van der Waals surface area contributed by atoms with E-state index in [1.165, 1.54) is 18.2 Å². The number of rotatable bonds is 2. The first-order valence-corrected chi connectivity index (χ1v) is 4.67. The van der Waals surface area contributed by atoms with E-state index in [2.05, 4.69) is 13.8 Å². The van der Waals surface area contributed by atoms with Crippen molar-refractivity contribution in [3.05, 3.63) is 18.2 Å². The molecule has 0 bridgehead atoms. The molecule has 0 aliphatic heterocycles. The second-order valence-corrected chi connectivity index (χ2v) is 3.49. The first-order valence-electron chi connectivity index (χ1n) is 4.67. The molecule has 0 aliphatic rings. The minimum Gasteiger partial charge on any atom is -0.504 e. The predicted octanol–water partition coefficient (Wildman–Crippen LogP) is 2.09. The molecule has 15 heavy (non-hydrogen) atoms. The van der Waals surface area contributed by atoms with Crippen LogP contribution in [-0.2, 0) is 4.74 Å². The van der Waals surface area contributed by atoms with Crippen LogP contribution < -0.4 is 0 Å². The van der Waals surface area contributed by atoms with Gasteiger partial charge in [-0.05, 0) is 18.1 Å². The number of aromatic hydroxyl groups is 3. The zero-order chi connectivity index (χ0) is 11.8. The summed E-state index contributed by atoms with van der Waals surface area (Å²) in [6.45, 7) is 5.13. The molecule has 0 saturated carbocycles. The molecule has 0 aromatic heterocycles. The maximum absolute atomic E-state index is 8.71. The van der Waals surface area contributed by atoms with Gasteiger partial charge in [-0.2, -0.15) is 0 Å². The largest absolute Gasteiger partial charge is 0.504 e. The Kier molecular flexibility index (Phi) is 6.29. The fraction of sp³-hybridized carbons (Fsp3) is 0.455. The summed E-state index contributed by atoms with van der Waals surface area (Å²) in [5, 5.41) is 26.1. The fourth-order valence-corrected chi connectivity index (χ4v) is 0.853. The van der Waals surface area contributed by atoms with Gasteiger partial charge in [0.2, 0.25) is 0 Å². The summed E-state index contributed by atoms with van der Waals surface area (Å²) in [6.07, 6.45) is 0. The first-order chi connectivity index (χ1) is 6.99. The molecule has 1 aromatic carbocycles. The van der Waals surface area contributed by atoms with Gasteiger partial charge in [0.05, 0.1) is 0 Å². The zero-order valence-electron chi connectivity index (χ0n) is 9.27. The van der Waals surface area contributed by atoms with E-state index in [4.69, 9.17) is 20.1 Å². The van der Waals surface area contributed by atoms with Gasteiger partial charge in [0, 0.05) is 13.7 Å². The second-order valence-electron chi connectivity index (χ2n) is 3.49. The van der Waals surface area contributed by atoms with E-state index < -0.39 is 5.75 Å². The van der Waals surface area contributed by atoms with Gasteiger partial charge < -0.3 is 20.1 Å². The molecule has 0 heterocycles. The number of phenolic OH excluding ortho intramolecular Hbond substituents is 3. The molecular formula is C11H18O4. The quantitative estimate of drug-likeness (QED) is 0.659. The van der Waals surface area contributed by atoms with Crippen molar-refractivity contribution in [1.29, 1.82) is 0 Å². The molecule has 0 amide bonds. The van der Waals surface area contributed by atoms with E-state index in [9.17, 15) is 0 Å².